The van der Waals surface area contributed by atoms with Crippen LogP contribution in [0.15, 0.2) is 22.5 Å². The summed E-state index contributed by atoms with van der Waals surface area (Å²) in [5.74, 6) is 1.07. The Morgan fingerprint density at radius 1 is 1.35 bits per heavy atom. The van der Waals surface area contributed by atoms with Gasteiger partial charge in [-0.05, 0) is 44.5 Å². The van der Waals surface area contributed by atoms with Crippen LogP contribution in [0, 0.1) is 0 Å². The van der Waals surface area contributed by atoms with E-state index in [1.54, 1.807) is 0 Å². The molecule has 0 bridgehead atoms. The molecule has 0 aromatic carbocycles. The van der Waals surface area contributed by atoms with E-state index in [4.69, 9.17) is 4.99 Å². The second-order valence-electron chi connectivity index (χ2n) is 6.06. The first-order valence-electron chi connectivity index (χ1n) is 7.92. The number of hydrogen-bond acceptors (Lipinski definition) is 4. The molecule has 4 nitrogen and oxygen atoms in total. The van der Waals surface area contributed by atoms with Crippen LogP contribution in [0.25, 0.3) is 0 Å². The van der Waals surface area contributed by atoms with Crippen molar-refractivity contribution < 1.29 is 0 Å². The van der Waals surface area contributed by atoms with Crippen LogP contribution in [0.5, 0.6) is 0 Å². The molecule has 0 radical (unpaired) electrons. The highest BCUT2D eigenvalue weighted by Crippen LogP contribution is 2.23. The van der Waals surface area contributed by atoms with Gasteiger partial charge in [-0.2, -0.15) is 11.8 Å². The topological polar surface area (TPSA) is 30.9 Å². The number of hydrogen-bond donors (Lipinski definition) is 1. The minimum Gasteiger partial charge on any atom is -0.360 e. The number of nitrogens with one attached hydrogen (secondary N) is 1. The summed E-state index contributed by atoms with van der Waals surface area (Å²) in [6.45, 7) is 12.6. The summed E-state index contributed by atoms with van der Waals surface area (Å²) < 4.78 is 0.194. The number of thiophene rings is 1. The molecule has 2 rings (SSSR count). The Kier molecular flexibility index (Phi) is 9.07. The second kappa shape index (κ2) is 9.98. The van der Waals surface area contributed by atoms with Crippen LogP contribution in [0.3, 0.4) is 0 Å². The normalized spacial score (nSPS) is 16.3. The zero-order chi connectivity index (χ0) is 16.0. The quantitative estimate of drug-likeness (QED) is 0.407. The second-order valence-corrected chi connectivity index (χ2v) is 8.50. The number of thioether (sulfide) groups is 1. The van der Waals surface area contributed by atoms with Gasteiger partial charge in [-0.1, -0.05) is 0 Å². The first-order chi connectivity index (χ1) is 10.6. The van der Waals surface area contributed by atoms with Crippen molar-refractivity contribution in [2.24, 2.45) is 4.99 Å². The lowest BCUT2D eigenvalue weighted by Gasteiger charge is -2.37. The highest BCUT2D eigenvalue weighted by atomic mass is 127. The van der Waals surface area contributed by atoms with Crippen LogP contribution in [0.4, 0.5) is 5.00 Å². The summed E-state index contributed by atoms with van der Waals surface area (Å²) in [6.07, 6.45) is 2.16. The molecular formula is C16H29IN4S2. The standard InChI is InChI=1S/C16H28N4S2.HI/c1-5-17-15(18-13-16(2,3)21-4)20-10-8-19(9-11-20)14-7-6-12-22-14;/h6-7,12H,5,8-11,13H2,1-4H3,(H,17,18);1H. The molecule has 1 N–H and O–H groups in total. The van der Waals surface area contributed by atoms with Gasteiger partial charge in [0, 0.05) is 37.5 Å². The Bertz CT molecular complexity index is 468. The molecular weight excluding hydrogens is 439 g/mol. The summed E-state index contributed by atoms with van der Waals surface area (Å²) in [4.78, 5) is 9.72. The van der Waals surface area contributed by atoms with Gasteiger partial charge in [0.05, 0.1) is 11.5 Å². The summed E-state index contributed by atoms with van der Waals surface area (Å²) in [5.41, 5.74) is 0. The van der Waals surface area contributed by atoms with E-state index in [9.17, 15) is 0 Å². The predicted molar refractivity (Wildman–Crippen MR) is 117 cm³/mol. The van der Waals surface area contributed by atoms with Crippen LogP contribution in [-0.2, 0) is 0 Å². The fourth-order valence-electron chi connectivity index (χ4n) is 2.34. The SMILES string of the molecule is CCNC(=NCC(C)(C)SC)N1CCN(c2cccs2)CC1.I. The van der Waals surface area contributed by atoms with Crippen molar-refractivity contribution in [3.8, 4) is 0 Å². The number of anilines is 1. The Labute approximate surface area is 166 Å². The van der Waals surface area contributed by atoms with Gasteiger partial charge in [-0.25, -0.2) is 0 Å². The fourth-order valence-corrected chi connectivity index (χ4v) is 3.32. The smallest absolute Gasteiger partial charge is 0.194 e. The van der Waals surface area contributed by atoms with Gasteiger partial charge < -0.3 is 15.1 Å². The van der Waals surface area contributed by atoms with Gasteiger partial charge in [0.25, 0.3) is 0 Å². The summed E-state index contributed by atoms with van der Waals surface area (Å²) in [6, 6.07) is 4.34. The third-order valence-corrected chi connectivity index (χ3v) is 6.06. The van der Waals surface area contributed by atoms with Gasteiger partial charge in [0.15, 0.2) is 5.96 Å². The monoisotopic (exact) mass is 468 g/mol. The zero-order valence-electron chi connectivity index (χ0n) is 14.5. The minimum atomic E-state index is 0. The Balaban J connectivity index is 0.00000264. The third kappa shape index (κ3) is 6.34. The van der Waals surface area contributed by atoms with Crippen molar-refractivity contribution in [3.05, 3.63) is 17.5 Å². The zero-order valence-corrected chi connectivity index (χ0v) is 18.5. The van der Waals surface area contributed by atoms with Crippen molar-refractivity contribution in [3.63, 3.8) is 0 Å². The first kappa shape index (κ1) is 20.9. The molecule has 0 spiro atoms. The van der Waals surface area contributed by atoms with Gasteiger partial charge in [-0.3, -0.25) is 4.99 Å². The lowest BCUT2D eigenvalue weighted by Crippen LogP contribution is -2.52. The van der Waals surface area contributed by atoms with Crippen LogP contribution < -0.4 is 10.2 Å². The fraction of sp³-hybridized carbons (Fsp3) is 0.688. The molecule has 1 aliphatic heterocycles. The van der Waals surface area contributed by atoms with Crippen molar-refractivity contribution in [1.29, 1.82) is 0 Å². The van der Waals surface area contributed by atoms with Gasteiger partial charge >= 0.3 is 0 Å². The molecule has 1 aromatic rings. The number of nitrogens with zero attached hydrogens (tertiary/aromatic N) is 3. The lowest BCUT2D eigenvalue weighted by molar-refractivity contribution is 0.373. The number of aliphatic imine (C=N–C) groups is 1. The van der Waals surface area contributed by atoms with Crippen molar-refractivity contribution >= 4 is 58.0 Å². The lowest BCUT2D eigenvalue weighted by atomic mass is 10.2. The number of guanidine groups is 1. The first-order valence-corrected chi connectivity index (χ1v) is 10.0. The van der Waals surface area contributed by atoms with Gasteiger partial charge in [-0.15, -0.1) is 35.3 Å². The van der Waals surface area contributed by atoms with E-state index in [0.29, 0.717) is 0 Å². The maximum Gasteiger partial charge on any atom is 0.194 e. The van der Waals surface area contributed by atoms with E-state index in [0.717, 1.165) is 45.2 Å². The molecule has 0 amide bonds. The summed E-state index contributed by atoms with van der Waals surface area (Å²) >= 11 is 3.70. The number of halogens is 1. The van der Waals surface area contributed by atoms with Crippen LogP contribution >= 0.6 is 47.1 Å². The maximum atomic E-state index is 4.86. The molecule has 7 heteroatoms. The van der Waals surface area contributed by atoms with E-state index < -0.39 is 0 Å². The van der Waals surface area contributed by atoms with E-state index in [1.807, 2.05) is 23.1 Å². The van der Waals surface area contributed by atoms with Crippen molar-refractivity contribution in [2.45, 2.75) is 25.5 Å². The van der Waals surface area contributed by atoms with Crippen LogP contribution in [0.2, 0.25) is 0 Å². The molecule has 0 saturated carbocycles. The maximum absolute atomic E-state index is 4.86. The Morgan fingerprint density at radius 3 is 2.57 bits per heavy atom. The highest BCUT2D eigenvalue weighted by Gasteiger charge is 2.21. The van der Waals surface area contributed by atoms with E-state index in [1.165, 1.54) is 5.00 Å². The summed E-state index contributed by atoms with van der Waals surface area (Å²) in [5, 5.41) is 6.98. The third-order valence-electron chi connectivity index (χ3n) is 3.89. The summed E-state index contributed by atoms with van der Waals surface area (Å²) in [7, 11) is 0. The molecule has 0 aliphatic carbocycles. The Morgan fingerprint density at radius 2 is 2.04 bits per heavy atom. The number of piperazine rings is 1. The molecule has 23 heavy (non-hydrogen) atoms. The average Bonchev–Trinajstić information content (AvgIpc) is 3.06. The van der Waals surface area contributed by atoms with Crippen molar-refractivity contribution in [1.82, 2.24) is 10.2 Å². The van der Waals surface area contributed by atoms with Crippen molar-refractivity contribution in [2.75, 3.05) is 50.4 Å². The van der Waals surface area contributed by atoms with Gasteiger partial charge in [0.2, 0.25) is 0 Å². The molecule has 1 aromatic heterocycles. The minimum absolute atomic E-state index is 0. The van der Waals surface area contributed by atoms with E-state index in [-0.39, 0.29) is 28.7 Å². The molecule has 0 atom stereocenters. The van der Waals surface area contributed by atoms with Gasteiger partial charge in [0.1, 0.15) is 0 Å². The highest BCUT2D eigenvalue weighted by molar-refractivity contribution is 14.0. The van der Waals surface area contributed by atoms with E-state index in [2.05, 4.69) is 59.7 Å². The molecule has 0 unspecified atom stereocenters. The van der Waals surface area contributed by atoms with E-state index >= 15 is 0 Å². The molecule has 2 heterocycles. The largest absolute Gasteiger partial charge is 0.360 e. The molecule has 1 saturated heterocycles. The van der Waals surface area contributed by atoms with Crippen LogP contribution in [-0.4, -0.2) is 61.1 Å². The molecule has 1 aliphatic rings. The Hall–Kier alpha value is -0.150. The molecule has 1 fully saturated rings. The predicted octanol–water partition coefficient (Wildman–Crippen LogP) is 3.60. The average molecular weight is 468 g/mol. The van der Waals surface area contributed by atoms with Crippen LogP contribution in [0.1, 0.15) is 20.8 Å². The molecule has 132 valence electrons. The number of rotatable bonds is 5.